The molecule has 0 spiro atoms. The van der Waals surface area contributed by atoms with Crippen molar-refractivity contribution < 1.29 is 4.79 Å². The maximum absolute atomic E-state index is 12.1. The van der Waals surface area contributed by atoms with Crippen molar-refractivity contribution in [3.8, 4) is 0 Å². The van der Waals surface area contributed by atoms with Gasteiger partial charge in [-0.25, -0.2) is 0 Å². The fourth-order valence-corrected chi connectivity index (χ4v) is 2.76. The van der Waals surface area contributed by atoms with Gasteiger partial charge in [0.25, 0.3) is 5.91 Å². The summed E-state index contributed by atoms with van der Waals surface area (Å²) in [6.07, 6.45) is 1.91. The standard InChI is InChI=1S/C14H14Br2N2O/c1-2-18-9-12(16)7-13(18)14(19)17-8-10-4-3-5-11(15)6-10/h3-7,9H,2,8H2,1H3,(H,17,19). The quantitative estimate of drug-likeness (QED) is 0.848. The summed E-state index contributed by atoms with van der Waals surface area (Å²) < 4.78 is 3.85. The fraction of sp³-hybridized carbons (Fsp3) is 0.214. The number of aryl methyl sites for hydroxylation is 1. The van der Waals surface area contributed by atoms with Crippen LogP contribution in [-0.2, 0) is 13.1 Å². The molecule has 0 aliphatic heterocycles. The summed E-state index contributed by atoms with van der Waals surface area (Å²) in [6, 6.07) is 9.73. The first kappa shape index (κ1) is 14.3. The predicted octanol–water partition coefficient (Wildman–Crippen LogP) is 3.96. The van der Waals surface area contributed by atoms with E-state index in [1.807, 2.05) is 48.0 Å². The molecule has 0 saturated carbocycles. The molecule has 0 fully saturated rings. The Kier molecular flexibility index (Phi) is 4.82. The summed E-state index contributed by atoms with van der Waals surface area (Å²) in [7, 11) is 0. The Morgan fingerprint density at radius 2 is 2.05 bits per heavy atom. The van der Waals surface area contributed by atoms with Gasteiger partial charge in [-0.2, -0.15) is 0 Å². The number of hydrogen-bond acceptors (Lipinski definition) is 1. The Hall–Kier alpha value is -1.07. The maximum atomic E-state index is 12.1. The summed E-state index contributed by atoms with van der Waals surface area (Å²) >= 11 is 6.81. The second kappa shape index (κ2) is 6.39. The van der Waals surface area contributed by atoms with Gasteiger partial charge >= 0.3 is 0 Å². The molecule has 1 heterocycles. The lowest BCUT2D eigenvalue weighted by Gasteiger charge is -2.08. The minimum atomic E-state index is -0.0625. The number of aromatic nitrogens is 1. The van der Waals surface area contributed by atoms with E-state index in [1.165, 1.54) is 0 Å². The highest BCUT2D eigenvalue weighted by Crippen LogP contribution is 2.15. The van der Waals surface area contributed by atoms with Crippen LogP contribution >= 0.6 is 31.9 Å². The summed E-state index contributed by atoms with van der Waals surface area (Å²) in [5.41, 5.74) is 1.74. The van der Waals surface area contributed by atoms with Crippen molar-refractivity contribution >= 4 is 37.8 Å². The van der Waals surface area contributed by atoms with Crippen LogP contribution in [0.15, 0.2) is 45.5 Å². The first-order valence-corrected chi connectivity index (χ1v) is 7.57. The number of carbonyl (C=O) groups is 1. The van der Waals surface area contributed by atoms with Crippen molar-refractivity contribution in [1.82, 2.24) is 9.88 Å². The summed E-state index contributed by atoms with van der Waals surface area (Å²) in [4.78, 5) is 12.1. The highest BCUT2D eigenvalue weighted by Gasteiger charge is 2.11. The van der Waals surface area contributed by atoms with Crippen molar-refractivity contribution in [2.24, 2.45) is 0 Å². The molecule has 0 aliphatic carbocycles. The van der Waals surface area contributed by atoms with Crippen molar-refractivity contribution in [3.63, 3.8) is 0 Å². The normalized spacial score (nSPS) is 10.5. The third-order valence-electron chi connectivity index (χ3n) is 2.78. The molecule has 1 aromatic carbocycles. The van der Waals surface area contributed by atoms with E-state index in [0.29, 0.717) is 12.2 Å². The van der Waals surface area contributed by atoms with Crippen LogP contribution in [0.3, 0.4) is 0 Å². The molecule has 2 rings (SSSR count). The van der Waals surface area contributed by atoms with Crippen LogP contribution < -0.4 is 5.32 Å². The molecule has 5 heteroatoms. The van der Waals surface area contributed by atoms with Crippen molar-refractivity contribution in [1.29, 1.82) is 0 Å². The molecule has 0 bridgehead atoms. The molecule has 0 aliphatic rings. The molecular weight excluding hydrogens is 372 g/mol. The molecular formula is C14H14Br2N2O. The van der Waals surface area contributed by atoms with Gasteiger partial charge < -0.3 is 9.88 Å². The van der Waals surface area contributed by atoms with Gasteiger partial charge in [0.15, 0.2) is 0 Å². The number of halogens is 2. The van der Waals surface area contributed by atoms with Crippen LogP contribution in [0.1, 0.15) is 23.0 Å². The Bertz CT molecular complexity index is 593. The number of benzene rings is 1. The summed E-state index contributed by atoms with van der Waals surface area (Å²) in [6.45, 7) is 3.30. The van der Waals surface area contributed by atoms with Gasteiger partial charge in [0.05, 0.1) is 0 Å². The van der Waals surface area contributed by atoms with E-state index in [4.69, 9.17) is 0 Å². The predicted molar refractivity (Wildman–Crippen MR) is 83.1 cm³/mol. The van der Waals surface area contributed by atoms with Gasteiger partial charge in [0.2, 0.25) is 0 Å². The lowest BCUT2D eigenvalue weighted by Crippen LogP contribution is -2.25. The number of nitrogens with zero attached hydrogens (tertiary/aromatic N) is 1. The Morgan fingerprint density at radius 1 is 1.26 bits per heavy atom. The minimum Gasteiger partial charge on any atom is -0.347 e. The van der Waals surface area contributed by atoms with Gasteiger partial charge in [-0.15, -0.1) is 0 Å². The summed E-state index contributed by atoms with van der Waals surface area (Å²) in [5, 5.41) is 2.93. The zero-order chi connectivity index (χ0) is 13.8. The topological polar surface area (TPSA) is 34.0 Å². The average Bonchev–Trinajstić information content (AvgIpc) is 2.77. The average molecular weight is 386 g/mol. The minimum absolute atomic E-state index is 0.0625. The van der Waals surface area contributed by atoms with Crippen LogP contribution in [0.25, 0.3) is 0 Å². The van der Waals surface area contributed by atoms with E-state index in [-0.39, 0.29) is 5.91 Å². The first-order valence-electron chi connectivity index (χ1n) is 5.98. The zero-order valence-corrected chi connectivity index (χ0v) is 13.7. The van der Waals surface area contributed by atoms with Crippen molar-refractivity contribution in [2.75, 3.05) is 0 Å². The number of amides is 1. The van der Waals surface area contributed by atoms with Crippen LogP contribution in [-0.4, -0.2) is 10.5 Å². The second-order valence-electron chi connectivity index (χ2n) is 4.14. The first-order chi connectivity index (χ1) is 9.10. The van der Waals surface area contributed by atoms with Crippen LogP contribution in [0, 0.1) is 0 Å². The third kappa shape index (κ3) is 3.70. The molecule has 1 aromatic heterocycles. The maximum Gasteiger partial charge on any atom is 0.268 e. The molecule has 3 nitrogen and oxygen atoms in total. The molecule has 100 valence electrons. The Labute approximate surface area is 129 Å². The number of hydrogen-bond donors (Lipinski definition) is 1. The van der Waals surface area contributed by atoms with Gasteiger partial charge in [0.1, 0.15) is 5.69 Å². The molecule has 0 unspecified atom stereocenters. The Balaban J connectivity index is 2.05. The highest BCUT2D eigenvalue weighted by atomic mass is 79.9. The lowest BCUT2D eigenvalue weighted by molar-refractivity contribution is 0.0941. The third-order valence-corrected chi connectivity index (χ3v) is 3.71. The van der Waals surface area contributed by atoms with E-state index in [9.17, 15) is 4.79 Å². The lowest BCUT2D eigenvalue weighted by atomic mass is 10.2. The second-order valence-corrected chi connectivity index (χ2v) is 5.97. The molecule has 0 radical (unpaired) electrons. The van der Waals surface area contributed by atoms with Gasteiger partial charge in [0, 0.05) is 28.2 Å². The fourth-order valence-electron chi connectivity index (χ4n) is 1.85. The van der Waals surface area contributed by atoms with E-state index < -0.39 is 0 Å². The smallest absolute Gasteiger partial charge is 0.268 e. The van der Waals surface area contributed by atoms with Crippen LogP contribution in [0.4, 0.5) is 0 Å². The molecule has 0 saturated heterocycles. The van der Waals surface area contributed by atoms with Gasteiger partial charge in [-0.3, -0.25) is 4.79 Å². The van der Waals surface area contributed by atoms with Crippen LogP contribution in [0.2, 0.25) is 0 Å². The monoisotopic (exact) mass is 384 g/mol. The van der Waals surface area contributed by atoms with Gasteiger partial charge in [-0.1, -0.05) is 28.1 Å². The highest BCUT2D eigenvalue weighted by molar-refractivity contribution is 9.10. The summed E-state index contributed by atoms with van der Waals surface area (Å²) in [5.74, 6) is -0.0625. The van der Waals surface area contributed by atoms with E-state index in [0.717, 1.165) is 21.1 Å². The van der Waals surface area contributed by atoms with Gasteiger partial charge in [-0.05, 0) is 46.6 Å². The number of carbonyl (C=O) groups excluding carboxylic acids is 1. The van der Waals surface area contributed by atoms with Crippen molar-refractivity contribution in [3.05, 3.63) is 56.7 Å². The largest absolute Gasteiger partial charge is 0.347 e. The van der Waals surface area contributed by atoms with Crippen molar-refractivity contribution in [2.45, 2.75) is 20.0 Å². The van der Waals surface area contributed by atoms with E-state index in [1.54, 1.807) is 0 Å². The van der Waals surface area contributed by atoms with Crippen LogP contribution in [0.5, 0.6) is 0 Å². The SMILES string of the molecule is CCn1cc(Br)cc1C(=O)NCc1cccc(Br)c1. The molecule has 2 aromatic rings. The molecule has 19 heavy (non-hydrogen) atoms. The molecule has 0 atom stereocenters. The molecule has 1 N–H and O–H groups in total. The number of rotatable bonds is 4. The number of nitrogens with one attached hydrogen (secondary N) is 1. The van der Waals surface area contributed by atoms with E-state index >= 15 is 0 Å². The van der Waals surface area contributed by atoms with E-state index in [2.05, 4.69) is 37.2 Å². The molecule has 1 amide bonds. The Morgan fingerprint density at radius 3 is 2.74 bits per heavy atom. The zero-order valence-electron chi connectivity index (χ0n) is 10.5.